The van der Waals surface area contributed by atoms with Crippen LogP contribution in [-0.2, 0) is 9.59 Å². The molecule has 0 unspecified atom stereocenters. The summed E-state index contributed by atoms with van der Waals surface area (Å²) in [5.74, 6) is 0.0487. The number of hydrogen-bond donors (Lipinski definition) is 0. The summed E-state index contributed by atoms with van der Waals surface area (Å²) >= 11 is 9.15. The van der Waals surface area contributed by atoms with Crippen LogP contribution >= 0.6 is 27.5 Å². The predicted octanol–water partition coefficient (Wildman–Crippen LogP) is 3.82. The fourth-order valence-electron chi connectivity index (χ4n) is 2.36. The maximum absolute atomic E-state index is 12.4. The Morgan fingerprint density at radius 1 is 1.33 bits per heavy atom. The van der Waals surface area contributed by atoms with Gasteiger partial charge in [0.05, 0.1) is 10.2 Å². The minimum Gasteiger partial charge on any atom is -0.479 e. The SMILES string of the molecule is C[C@H]1Oc2ccccc2N(CC(=O)Oc2ccc(Cl)cc2Br)C1=O. The molecule has 3 rings (SSSR count). The van der Waals surface area contributed by atoms with Crippen molar-refractivity contribution in [2.24, 2.45) is 0 Å². The van der Waals surface area contributed by atoms with E-state index in [0.717, 1.165) is 0 Å². The number of carbonyl (C=O) groups is 2. The molecule has 0 bridgehead atoms. The number of rotatable bonds is 3. The molecule has 0 fully saturated rings. The first kappa shape index (κ1) is 16.8. The normalized spacial score (nSPS) is 16.4. The van der Waals surface area contributed by atoms with Crippen molar-refractivity contribution in [2.75, 3.05) is 11.4 Å². The molecule has 0 saturated carbocycles. The van der Waals surface area contributed by atoms with E-state index in [-0.39, 0.29) is 12.5 Å². The quantitative estimate of drug-likeness (QED) is 0.570. The van der Waals surface area contributed by atoms with Crippen molar-refractivity contribution >= 4 is 45.1 Å². The van der Waals surface area contributed by atoms with Gasteiger partial charge in [0.25, 0.3) is 5.91 Å². The van der Waals surface area contributed by atoms with Crippen LogP contribution in [0.25, 0.3) is 0 Å². The molecule has 0 radical (unpaired) electrons. The smallest absolute Gasteiger partial charge is 0.331 e. The lowest BCUT2D eigenvalue weighted by Gasteiger charge is -2.32. The number of nitrogens with zero attached hydrogens (tertiary/aromatic N) is 1. The van der Waals surface area contributed by atoms with Crippen LogP contribution in [0.15, 0.2) is 46.9 Å². The van der Waals surface area contributed by atoms with E-state index in [1.165, 1.54) is 4.90 Å². The first-order chi connectivity index (χ1) is 11.5. The number of ether oxygens (including phenoxy) is 2. The van der Waals surface area contributed by atoms with Gasteiger partial charge in [0.15, 0.2) is 6.10 Å². The molecule has 124 valence electrons. The Bertz CT molecular complexity index is 811. The maximum atomic E-state index is 12.4. The van der Waals surface area contributed by atoms with Crippen molar-refractivity contribution in [2.45, 2.75) is 13.0 Å². The van der Waals surface area contributed by atoms with E-state index >= 15 is 0 Å². The molecule has 2 aromatic rings. The number of para-hydroxylation sites is 2. The highest BCUT2D eigenvalue weighted by molar-refractivity contribution is 9.10. The highest BCUT2D eigenvalue weighted by Crippen LogP contribution is 2.34. The summed E-state index contributed by atoms with van der Waals surface area (Å²) in [6.07, 6.45) is -0.657. The summed E-state index contributed by atoms with van der Waals surface area (Å²) < 4.78 is 11.4. The second-order valence-corrected chi connectivity index (χ2v) is 6.49. The molecular weight excluding hydrogens is 398 g/mol. The molecule has 1 aliphatic heterocycles. The molecule has 2 aromatic carbocycles. The van der Waals surface area contributed by atoms with E-state index in [9.17, 15) is 9.59 Å². The molecule has 1 aliphatic rings. The molecule has 5 nitrogen and oxygen atoms in total. The van der Waals surface area contributed by atoms with Gasteiger partial charge in [-0.15, -0.1) is 0 Å². The minimum absolute atomic E-state index is 0.210. The Labute approximate surface area is 152 Å². The highest BCUT2D eigenvalue weighted by atomic mass is 79.9. The zero-order chi connectivity index (χ0) is 17.3. The topological polar surface area (TPSA) is 55.8 Å². The van der Waals surface area contributed by atoms with Gasteiger partial charge in [0, 0.05) is 5.02 Å². The van der Waals surface area contributed by atoms with Gasteiger partial charge in [-0.1, -0.05) is 23.7 Å². The highest BCUT2D eigenvalue weighted by Gasteiger charge is 2.33. The standard InChI is InChI=1S/C17H13BrClNO4/c1-10-17(22)20(13-4-2-3-5-15(13)23-10)9-16(21)24-14-7-6-11(19)8-12(14)18/h2-8,10H,9H2,1H3/t10-/m1/s1. The Kier molecular flexibility index (Phi) is 4.78. The van der Waals surface area contributed by atoms with E-state index < -0.39 is 12.1 Å². The van der Waals surface area contributed by atoms with Crippen molar-refractivity contribution in [3.8, 4) is 11.5 Å². The van der Waals surface area contributed by atoms with Gasteiger partial charge in [-0.3, -0.25) is 9.69 Å². The van der Waals surface area contributed by atoms with Crippen LogP contribution < -0.4 is 14.4 Å². The Morgan fingerprint density at radius 3 is 2.83 bits per heavy atom. The van der Waals surface area contributed by atoms with Gasteiger partial charge in [0.1, 0.15) is 18.0 Å². The predicted molar refractivity (Wildman–Crippen MR) is 93.7 cm³/mol. The molecule has 24 heavy (non-hydrogen) atoms. The van der Waals surface area contributed by atoms with Crippen LogP contribution in [0.4, 0.5) is 5.69 Å². The van der Waals surface area contributed by atoms with Gasteiger partial charge < -0.3 is 9.47 Å². The summed E-state index contributed by atoms with van der Waals surface area (Å²) in [6, 6.07) is 11.9. The summed E-state index contributed by atoms with van der Waals surface area (Å²) in [5, 5.41) is 0.521. The van der Waals surface area contributed by atoms with Gasteiger partial charge in [0.2, 0.25) is 0 Å². The van der Waals surface area contributed by atoms with Crippen molar-refractivity contribution in [1.29, 1.82) is 0 Å². The second kappa shape index (κ2) is 6.83. The summed E-state index contributed by atoms with van der Waals surface area (Å²) in [7, 11) is 0. The van der Waals surface area contributed by atoms with E-state index in [0.29, 0.717) is 26.7 Å². The number of carbonyl (C=O) groups excluding carboxylic acids is 2. The number of anilines is 1. The van der Waals surface area contributed by atoms with Gasteiger partial charge in [-0.05, 0) is 53.2 Å². The Morgan fingerprint density at radius 2 is 2.08 bits per heavy atom. The summed E-state index contributed by atoms with van der Waals surface area (Å²) in [6.45, 7) is 1.44. The lowest BCUT2D eigenvalue weighted by atomic mass is 10.2. The molecule has 0 aromatic heterocycles. The number of fused-ring (bicyclic) bond motifs is 1. The number of amides is 1. The molecule has 0 saturated heterocycles. The third-order valence-electron chi connectivity index (χ3n) is 3.48. The number of halogens is 2. The maximum Gasteiger partial charge on any atom is 0.331 e. The van der Waals surface area contributed by atoms with E-state index in [2.05, 4.69) is 15.9 Å². The van der Waals surface area contributed by atoms with Crippen LogP contribution in [0, 0.1) is 0 Å². The first-order valence-electron chi connectivity index (χ1n) is 7.18. The summed E-state index contributed by atoms with van der Waals surface area (Å²) in [4.78, 5) is 26.0. The molecule has 1 heterocycles. The molecule has 1 atom stereocenters. The number of benzene rings is 2. The first-order valence-corrected chi connectivity index (χ1v) is 8.35. The van der Waals surface area contributed by atoms with Crippen molar-refractivity contribution in [3.05, 3.63) is 52.0 Å². The minimum atomic E-state index is -0.657. The molecular formula is C17H13BrClNO4. The van der Waals surface area contributed by atoms with Crippen molar-refractivity contribution in [1.82, 2.24) is 0 Å². The third-order valence-corrected chi connectivity index (χ3v) is 4.33. The van der Waals surface area contributed by atoms with Gasteiger partial charge >= 0.3 is 5.97 Å². The zero-order valence-corrected chi connectivity index (χ0v) is 15.0. The van der Waals surface area contributed by atoms with Crippen molar-refractivity contribution < 1.29 is 19.1 Å². The average Bonchev–Trinajstić information content (AvgIpc) is 2.54. The van der Waals surface area contributed by atoms with E-state index in [4.69, 9.17) is 21.1 Å². The summed E-state index contributed by atoms with van der Waals surface area (Å²) in [5.41, 5.74) is 0.549. The Balaban J connectivity index is 1.79. The third kappa shape index (κ3) is 3.39. The number of hydrogen-bond acceptors (Lipinski definition) is 4. The van der Waals surface area contributed by atoms with Crippen LogP contribution in [-0.4, -0.2) is 24.5 Å². The van der Waals surface area contributed by atoms with Crippen LogP contribution in [0.1, 0.15) is 6.92 Å². The lowest BCUT2D eigenvalue weighted by Crippen LogP contribution is -2.47. The molecule has 0 spiro atoms. The molecule has 7 heteroatoms. The molecule has 1 amide bonds. The second-order valence-electron chi connectivity index (χ2n) is 5.20. The monoisotopic (exact) mass is 409 g/mol. The van der Waals surface area contributed by atoms with E-state index in [1.54, 1.807) is 43.3 Å². The van der Waals surface area contributed by atoms with Crippen molar-refractivity contribution in [3.63, 3.8) is 0 Å². The fourth-order valence-corrected chi connectivity index (χ4v) is 3.13. The van der Waals surface area contributed by atoms with E-state index in [1.807, 2.05) is 6.07 Å². The van der Waals surface area contributed by atoms with Crippen LogP contribution in [0.2, 0.25) is 5.02 Å². The largest absolute Gasteiger partial charge is 0.479 e. The van der Waals surface area contributed by atoms with Gasteiger partial charge in [-0.2, -0.15) is 0 Å². The molecule has 0 N–H and O–H groups in total. The Hall–Kier alpha value is -2.05. The lowest BCUT2D eigenvalue weighted by molar-refractivity contribution is -0.135. The van der Waals surface area contributed by atoms with Gasteiger partial charge in [-0.25, -0.2) is 4.79 Å². The average molecular weight is 411 g/mol. The fraction of sp³-hybridized carbons (Fsp3) is 0.176. The van der Waals surface area contributed by atoms with Crippen LogP contribution in [0.3, 0.4) is 0 Å². The number of esters is 1. The van der Waals surface area contributed by atoms with Crippen LogP contribution in [0.5, 0.6) is 11.5 Å². The molecule has 0 aliphatic carbocycles. The zero-order valence-electron chi connectivity index (χ0n) is 12.7.